The van der Waals surface area contributed by atoms with Gasteiger partial charge in [0.1, 0.15) is 12.8 Å². The van der Waals surface area contributed by atoms with Gasteiger partial charge in [-0.1, -0.05) is 30.3 Å². The second kappa shape index (κ2) is 9.49. The van der Waals surface area contributed by atoms with E-state index < -0.39 is 33.5 Å². The number of H-pyrrole nitrogens is 1. The molecule has 29 heavy (non-hydrogen) atoms. The average Bonchev–Trinajstić information content (AvgIpc) is 2.63. The number of sulfonamides is 1. The van der Waals surface area contributed by atoms with Crippen LogP contribution in [0.1, 0.15) is 37.4 Å². The SMILES string of the molecule is NS(=O)(=O)CCC(OCn1ccc(=O)[nH]c1=O)C(OC1CCC1)c1ccccc1. The topological polar surface area (TPSA) is 133 Å². The van der Waals surface area contributed by atoms with E-state index in [-0.39, 0.29) is 25.0 Å². The quantitative estimate of drug-likeness (QED) is 0.582. The third-order valence-electron chi connectivity index (χ3n) is 4.87. The summed E-state index contributed by atoms with van der Waals surface area (Å²) in [5, 5.41) is 5.19. The molecule has 1 saturated carbocycles. The molecule has 1 heterocycles. The van der Waals surface area contributed by atoms with Crippen molar-refractivity contribution in [3.63, 3.8) is 0 Å². The number of primary sulfonamides is 1. The standard InChI is InChI=1S/C19H25N3O6S/c20-29(25,26)12-10-16(27-13-22-11-9-17(23)21-19(22)24)18(28-15-7-4-8-15)14-5-2-1-3-6-14/h1-3,5-6,9,11,15-16,18H,4,7-8,10,12-13H2,(H2,20,25,26)(H,21,23,24). The Bertz CT molecular complexity index is 1010. The van der Waals surface area contributed by atoms with Crippen molar-refractivity contribution >= 4 is 10.0 Å². The number of hydrogen-bond donors (Lipinski definition) is 2. The molecule has 158 valence electrons. The molecule has 3 N–H and O–H groups in total. The highest BCUT2D eigenvalue weighted by molar-refractivity contribution is 7.89. The maximum absolute atomic E-state index is 11.9. The summed E-state index contributed by atoms with van der Waals surface area (Å²) in [4.78, 5) is 25.3. The Morgan fingerprint density at radius 3 is 2.48 bits per heavy atom. The molecule has 0 saturated heterocycles. The summed E-state index contributed by atoms with van der Waals surface area (Å²) in [5.74, 6) is -0.282. The van der Waals surface area contributed by atoms with Gasteiger partial charge in [-0.05, 0) is 31.2 Å². The predicted octanol–water partition coefficient (Wildman–Crippen LogP) is 0.868. The number of nitrogens with one attached hydrogen (secondary N) is 1. The van der Waals surface area contributed by atoms with Crippen molar-refractivity contribution < 1.29 is 17.9 Å². The maximum atomic E-state index is 11.9. The molecular formula is C19H25N3O6S. The van der Waals surface area contributed by atoms with Crippen LogP contribution >= 0.6 is 0 Å². The molecule has 0 radical (unpaired) electrons. The van der Waals surface area contributed by atoms with E-state index in [1.807, 2.05) is 30.3 Å². The normalized spacial score (nSPS) is 16.9. The van der Waals surface area contributed by atoms with Crippen LogP contribution in [0.4, 0.5) is 0 Å². The fourth-order valence-electron chi connectivity index (χ4n) is 3.06. The van der Waals surface area contributed by atoms with E-state index in [2.05, 4.69) is 4.98 Å². The Labute approximate surface area is 168 Å². The van der Waals surface area contributed by atoms with Crippen LogP contribution in [-0.4, -0.2) is 35.9 Å². The van der Waals surface area contributed by atoms with E-state index in [0.29, 0.717) is 0 Å². The molecule has 2 atom stereocenters. The van der Waals surface area contributed by atoms with E-state index in [1.165, 1.54) is 16.8 Å². The third kappa shape index (κ3) is 6.36. The number of aromatic amines is 1. The first-order valence-electron chi connectivity index (χ1n) is 9.44. The monoisotopic (exact) mass is 423 g/mol. The molecule has 1 aromatic carbocycles. The molecule has 2 unspecified atom stereocenters. The van der Waals surface area contributed by atoms with Gasteiger partial charge in [-0.2, -0.15) is 0 Å². The van der Waals surface area contributed by atoms with Crippen LogP contribution in [0.3, 0.4) is 0 Å². The van der Waals surface area contributed by atoms with Crippen molar-refractivity contribution in [3.05, 3.63) is 69.0 Å². The van der Waals surface area contributed by atoms with Crippen LogP contribution in [0.15, 0.2) is 52.2 Å². The number of nitrogens with two attached hydrogens (primary N) is 1. The smallest absolute Gasteiger partial charge is 0.330 e. The fourth-order valence-corrected chi connectivity index (χ4v) is 3.62. The minimum Gasteiger partial charge on any atom is -0.368 e. The first-order chi connectivity index (χ1) is 13.8. The Morgan fingerprint density at radius 2 is 1.90 bits per heavy atom. The van der Waals surface area contributed by atoms with Gasteiger partial charge in [0.2, 0.25) is 10.0 Å². The minimum absolute atomic E-state index is 0.0802. The third-order valence-corrected chi connectivity index (χ3v) is 5.67. The van der Waals surface area contributed by atoms with Crippen molar-refractivity contribution in [2.24, 2.45) is 5.14 Å². The number of ether oxygens (including phenoxy) is 2. The van der Waals surface area contributed by atoms with E-state index in [0.717, 1.165) is 24.8 Å². The van der Waals surface area contributed by atoms with Crippen molar-refractivity contribution in [1.29, 1.82) is 0 Å². The molecule has 10 heteroatoms. The summed E-state index contributed by atoms with van der Waals surface area (Å²) < 4.78 is 36.4. The molecule has 2 aromatic rings. The van der Waals surface area contributed by atoms with Gasteiger partial charge in [0.15, 0.2) is 0 Å². The van der Waals surface area contributed by atoms with E-state index in [4.69, 9.17) is 14.6 Å². The van der Waals surface area contributed by atoms with Crippen molar-refractivity contribution in [3.8, 4) is 0 Å². The van der Waals surface area contributed by atoms with Gasteiger partial charge in [0, 0.05) is 12.3 Å². The number of rotatable bonds is 10. The lowest BCUT2D eigenvalue weighted by atomic mass is 9.94. The summed E-state index contributed by atoms with van der Waals surface area (Å²) >= 11 is 0. The number of benzene rings is 1. The summed E-state index contributed by atoms with van der Waals surface area (Å²) in [6, 6.07) is 10.6. The van der Waals surface area contributed by atoms with Crippen LogP contribution in [0.5, 0.6) is 0 Å². The molecule has 9 nitrogen and oxygen atoms in total. The molecule has 1 aliphatic carbocycles. The lowest BCUT2D eigenvalue weighted by molar-refractivity contribution is -0.137. The zero-order valence-electron chi connectivity index (χ0n) is 15.9. The largest absolute Gasteiger partial charge is 0.368 e. The molecule has 3 rings (SSSR count). The van der Waals surface area contributed by atoms with Crippen molar-refractivity contribution in [1.82, 2.24) is 9.55 Å². The zero-order valence-corrected chi connectivity index (χ0v) is 16.7. The molecule has 0 spiro atoms. The summed E-state index contributed by atoms with van der Waals surface area (Å²) in [6.45, 7) is -0.164. The Balaban J connectivity index is 1.83. The molecule has 0 bridgehead atoms. The highest BCUT2D eigenvalue weighted by atomic mass is 32.2. The summed E-state index contributed by atoms with van der Waals surface area (Å²) in [5.41, 5.74) is -0.265. The van der Waals surface area contributed by atoms with Crippen LogP contribution in [0.2, 0.25) is 0 Å². The van der Waals surface area contributed by atoms with E-state index in [1.54, 1.807) is 0 Å². The van der Waals surface area contributed by atoms with Gasteiger partial charge < -0.3 is 9.47 Å². The predicted molar refractivity (Wildman–Crippen MR) is 107 cm³/mol. The van der Waals surface area contributed by atoms with Crippen molar-refractivity contribution in [2.75, 3.05) is 5.75 Å². The second-order valence-corrected chi connectivity index (χ2v) is 8.82. The first kappa shape index (κ1) is 21.4. The Hall–Kier alpha value is -2.27. The number of hydrogen-bond acceptors (Lipinski definition) is 6. The summed E-state index contributed by atoms with van der Waals surface area (Å²) in [7, 11) is -3.70. The van der Waals surface area contributed by atoms with Gasteiger partial charge in [-0.3, -0.25) is 14.3 Å². The molecular weight excluding hydrogens is 398 g/mol. The molecule has 0 amide bonds. The highest BCUT2D eigenvalue weighted by Crippen LogP contribution is 2.33. The van der Waals surface area contributed by atoms with Crippen molar-refractivity contribution in [2.45, 2.75) is 50.7 Å². The van der Waals surface area contributed by atoms with E-state index in [9.17, 15) is 18.0 Å². The number of aromatic nitrogens is 2. The van der Waals surface area contributed by atoms with Crippen LogP contribution in [0.25, 0.3) is 0 Å². The van der Waals surface area contributed by atoms with Crippen LogP contribution in [0, 0.1) is 0 Å². The Kier molecular flexibility index (Phi) is 7.01. The van der Waals surface area contributed by atoms with Crippen LogP contribution < -0.4 is 16.4 Å². The minimum atomic E-state index is -3.70. The molecule has 1 fully saturated rings. The van der Waals surface area contributed by atoms with Gasteiger partial charge in [0.05, 0.1) is 18.0 Å². The highest BCUT2D eigenvalue weighted by Gasteiger charge is 2.31. The van der Waals surface area contributed by atoms with Gasteiger partial charge in [0.25, 0.3) is 5.56 Å². The Morgan fingerprint density at radius 1 is 1.17 bits per heavy atom. The lowest BCUT2D eigenvalue weighted by Crippen LogP contribution is -2.36. The first-order valence-corrected chi connectivity index (χ1v) is 11.2. The zero-order chi connectivity index (χ0) is 20.9. The lowest BCUT2D eigenvalue weighted by Gasteiger charge is -2.35. The molecule has 1 aliphatic rings. The molecule has 0 aliphatic heterocycles. The second-order valence-electron chi connectivity index (χ2n) is 7.09. The van der Waals surface area contributed by atoms with Gasteiger partial charge in [-0.15, -0.1) is 0 Å². The van der Waals surface area contributed by atoms with Gasteiger partial charge in [-0.25, -0.2) is 18.4 Å². The van der Waals surface area contributed by atoms with Crippen LogP contribution in [-0.2, 0) is 26.2 Å². The molecule has 1 aromatic heterocycles. The average molecular weight is 423 g/mol. The maximum Gasteiger partial charge on any atom is 0.330 e. The fraction of sp³-hybridized carbons (Fsp3) is 0.474. The summed E-state index contributed by atoms with van der Waals surface area (Å²) in [6.07, 6.45) is 3.29. The van der Waals surface area contributed by atoms with E-state index >= 15 is 0 Å². The number of nitrogens with zero attached hydrogens (tertiary/aromatic N) is 1. The van der Waals surface area contributed by atoms with Gasteiger partial charge >= 0.3 is 5.69 Å².